The van der Waals surface area contributed by atoms with Gasteiger partial charge in [-0.25, -0.2) is 4.79 Å². The fourth-order valence-electron chi connectivity index (χ4n) is 3.74. The Balaban J connectivity index is 1.80. The van der Waals surface area contributed by atoms with Crippen molar-refractivity contribution in [2.75, 3.05) is 6.54 Å². The number of ether oxygens (including phenoxy) is 1. The highest BCUT2D eigenvalue weighted by Gasteiger charge is 2.39. The first-order valence-electron chi connectivity index (χ1n) is 8.81. The summed E-state index contributed by atoms with van der Waals surface area (Å²) in [5, 5.41) is 4.75. The highest BCUT2D eigenvalue weighted by molar-refractivity contribution is 5.68. The Labute approximate surface area is 149 Å². The maximum atomic E-state index is 12.6. The van der Waals surface area contributed by atoms with Gasteiger partial charge >= 0.3 is 6.09 Å². The van der Waals surface area contributed by atoms with Crippen molar-refractivity contribution in [3.05, 3.63) is 52.8 Å². The highest BCUT2D eigenvalue weighted by Crippen LogP contribution is 2.36. The average molecular weight is 341 g/mol. The van der Waals surface area contributed by atoms with E-state index >= 15 is 0 Å². The van der Waals surface area contributed by atoms with Crippen molar-refractivity contribution in [1.82, 2.24) is 14.7 Å². The smallest absolute Gasteiger partial charge is 0.410 e. The normalized spacial score (nSPS) is 16.0. The summed E-state index contributed by atoms with van der Waals surface area (Å²) < 4.78 is 7.51. The van der Waals surface area contributed by atoms with Crippen LogP contribution in [-0.2, 0) is 30.4 Å². The minimum Gasteiger partial charge on any atom is -0.445 e. The van der Waals surface area contributed by atoms with Crippen molar-refractivity contribution in [1.29, 1.82) is 0 Å². The zero-order valence-electron chi connectivity index (χ0n) is 15.7. The molecule has 5 nitrogen and oxygen atoms in total. The van der Waals surface area contributed by atoms with Crippen LogP contribution in [0.25, 0.3) is 0 Å². The van der Waals surface area contributed by atoms with Gasteiger partial charge in [0.2, 0.25) is 0 Å². The molecule has 2 aromatic rings. The molecule has 3 rings (SSSR count). The molecule has 0 saturated carbocycles. The van der Waals surface area contributed by atoms with Crippen molar-refractivity contribution >= 4 is 6.09 Å². The number of carbonyl (C=O) groups is 1. The summed E-state index contributed by atoms with van der Waals surface area (Å²) in [5.74, 6) is 0.359. The predicted octanol–water partition coefficient (Wildman–Crippen LogP) is 3.97. The van der Waals surface area contributed by atoms with Crippen molar-refractivity contribution in [3.8, 4) is 0 Å². The zero-order chi connectivity index (χ0) is 18.2. The Bertz CT molecular complexity index is 763. The van der Waals surface area contributed by atoms with Crippen LogP contribution in [0.15, 0.2) is 30.3 Å². The third kappa shape index (κ3) is 3.41. The van der Waals surface area contributed by atoms with E-state index in [1.54, 1.807) is 4.90 Å². The summed E-state index contributed by atoms with van der Waals surface area (Å²) in [6.45, 7) is 10.1. The molecule has 1 amide bonds. The van der Waals surface area contributed by atoms with Gasteiger partial charge in [-0.1, -0.05) is 58.0 Å². The topological polar surface area (TPSA) is 47.4 Å². The van der Waals surface area contributed by atoms with Crippen molar-refractivity contribution in [2.24, 2.45) is 7.05 Å². The Morgan fingerprint density at radius 1 is 1.28 bits per heavy atom. The van der Waals surface area contributed by atoms with Gasteiger partial charge < -0.3 is 9.64 Å². The standard InChI is InChI=1S/C20H27N3O2/c1-14(2)17-16-11-23(13-20(3,4)18(16)21-22(17)5)19(24)25-12-15-9-7-6-8-10-15/h6-10,14H,11-13H2,1-5H3. The second-order valence-electron chi connectivity index (χ2n) is 7.77. The number of amides is 1. The third-order valence-electron chi connectivity index (χ3n) is 4.78. The molecule has 0 fully saturated rings. The fourth-order valence-corrected chi connectivity index (χ4v) is 3.74. The van der Waals surface area contributed by atoms with Crippen molar-refractivity contribution in [3.63, 3.8) is 0 Å². The molecule has 134 valence electrons. The molecule has 25 heavy (non-hydrogen) atoms. The van der Waals surface area contributed by atoms with E-state index in [-0.39, 0.29) is 11.5 Å². The van der Waals surface area contributed by atoms with E-state index in [1.807, 2.05) is 42.1 Å². The molecule has 0 aliphatic carbocycles. The lowest BCUT2D eigenvalue weighted by molar-refractivity contribution is 0.0813. The van der Waals surface area contributed by atoms with E-state index in [0.717, 1.165) is 11.3 Å². The summed E-state index contributed by atoms with van der Waals surface area (Å²) in [7, 11) is 1.99. The van der Waals surface area contributed by atoms with Crippen molar-refractivity contribution < 1.29 is 9.53 Å². The Morgan fingerprint density at radius 3 is 2.60 bits per heavy atom. The number of benzene rings is 1. The molecule has 0 N–H and O–H groups in total. The molecule has 2 heterocycles. The average Bonchev–Trinajstić information content (AvgIpc) is 2.90. The maximum absolute atomic E-state index is 12.6. The van der Waals surface area contributed by atoms with Gasteiger partial charge in [-0.2, -0.15) is 5.10 Å². The largest absolute Gasteiger partial charge is 0.445 e. The van der Waals surface area contributed by atoms with Crippen LogP contribution in [0, 0.1) is 0 Å². The van der Waals surface area contributed by atoms with E-state index in [2.05, 4.69) is 27.7 Å². The van der Waals surface area contributed by atoms with Gasteiger partial charge in [-0.15, -0.1) is 0 Å². The summed E-state index contributed by atoms with van der Waals surface area (Å²) in [6.07, 6.45) is -0.263. The van der Waals surface area contributed by atoms with E-state index in [4.69, 9.17) is 9.84 Å². The number of aromatic nitrogens is 2. The monoisotopic (exact) mass is 341 g/mol. The van der Waals surface area contributed by atoms with Crippen LogP contribution in [0.5, 0.6) is 0 Å². The number of hydrogen-bond donors (Lipinski definition) is 0. The number of fused-ring (bicyclic) bond motifs is 1. The van der Waals surface area contributed by atoms with E-state index in [1.165, 1.54) is 11.3 Å². The van der Waals surface area contributed by atoms with Crippen LogP contribution in [0.3, 0.4) is 0 Å². The molecule has 0 radical (unpaired) electrons. The number of carbonyl (C=O) groups excluding carboxylic acids is 1. The molecule has 1 aliphatic rings. The molecule has 0 spiro atoms. The highest BCUT2D eigenvalue weighted by atomic mass is 16.6. The van der Waals surface area contributed by atoms with E-state index in [9.17, 15) is 4.79 Å². The Morgan fingerprint density at radius 2 is 1.96 bits per heavy atom. The second-order valence-corrected chi connectivity index (χ2v) is 7.77. The van der Waals surface area contributed by atoms with Gasteiger partial charge in [-0.05, 0) is 11.5 Å². The van der Waals surface area contributed by atoms with E-state index < -0.39 is 0 Å². The number of rotatable bonds is 3. The van der Waals surface area contributed by atoms with Gasteiger partial charge in [0.1, 0.15) is 6.61 Å². The SMILES string of the molecule is CC(C)c1c2c(nn1C)C(C)(C)CN(C(=O)OCc1ccccc1)C2. The first kappa shape index (κ1) is 17.5. The number of nitrogens with zero attached hydrogens (tertiary/aromatic N) is 3. The molecule has 0 saturated heterocycles. The lowest BCUT2D eigenvalue weighted by Crippen LogP contribution is -2.45. The Kier molecular flexibility index (Phi) is 4.58. The zero-order valence-corrected chi connectivity index (χ0v) is 15.7. The van der Waals surface area contributed by atoms with Gasteiger partial charge in [0.25, 0.3) is 0 Å². The maximum Gasteiger partial charge on any atom is 0.410 e. The van der Waals surface area contributed by atoms with Crippen LogP contribution in [-0.4, -0.2) is 27.3 Å². The number of aryl methyl sites for hydroxylation is 1. The Hall–Kier alpha value is -2.30. The fraction of sp³-hybridized carbons (Fsp3) is 0.500. The van der Waals surface area contributed by atoms with Gasteiger partial charge in [0.05, 0.1) is 12.2 Å². The molecule has 0 bridgehead atoms. The van der Waals surface area contributed by atoms with Crippen LogP contribution in [0.4, 0.5) is 4.79 Å². The van der Waals surface area contributed by atoms with Gasteiger partial charge in [0, 0.05) is 30.3 Å². The molecule has 0 unspecified atom stereocenters. The summed E-state index contributed by atoms with van der Waals surface area (Å²) in [4.78, 5) is 14.4. The second kappa shape index (κ2) is 6.54. The quantitative estimate of drug-likeness (QED) is 0.848. The minimum atomic E-state index is -0.263. The summed E-state index contributed by atoms with van der Waals surface area (Å²) >= 11 is 0. The first-order valence-corrected chi connectivity index (χ1v) is 8.81. The van der Waals surface area contributed by atoms with Gasteiger partial charge in [-0.3, -0.25) is 4.68 Å². The van der Waals surface area contributed by atoms with Crippen LogP contribution in [0.2, 0.25) is 0 Å². The summed E-state index contributed by atoms with van der Waals surface area (Å²) in [5.41, 5.74) is 4.28. The van der Waals surface area contributed by atoms with Gasteiger partial charge in [0.15, 0.2) is 0 Å². The van der Waals surface area contributed by atoms with E-state index in [0.29, 0.717) is 25.6 Å². The molecule has 1 aromatic heterocycles. The third-order valence-corrected chi connectivity index (χ3v) is 4.78. The molecule has 1 aromatic carbocycles. The predicted molar refractivity (Wildman–Crippen MR) is 97.4 cm³/mol. The molecule has 1 aliphatic heterocycles. The molecule has 5 heteroatoms. The van der Waals surface area contributed by atoms with Crippen LogP contribution in [0.1, 0.15) is 56.1 Å². The minimum absolute atomic E-state index is 0.190. The van der Waals surface area contributed by atoms with Crippen LogP contribution < -0.4 is 0 Å². The molecular formula is C20H27N3O2. The first-order chi connectivity index (χ1) is 11.8. The van der Waals surface area contributed by atoms with Crippen molar-refractivity contribution in [2.45, 2.75) is 52.2 Å². The number of hydrogen-bond acceptors (Lipinski definition) is 3. The lowest BCUT2D eigenvalue weighted by Gasteiger charge is -2.36. The molecule has 0 atom stereocenters. The molecular weight excluding hydrogens is 314 g/mol. The van der Waals surface area contributed by atoms with Crippen LogP contribution >= 0.6 is 0 Å². The summed E-state index contributed by atoms with van der Waals surface area (Å²) in [6, 6.07) is 9.77. The lowest BCUT2D eigenvalue weighted by atomic mass is 9.82.